The Labute approximate surface area is 638 Å². The number of aliphatic carboxylic acids is 2. The Morgan fingerprint density at radius 1 is 0.704 bits per heavy atom. The number of likely N-dealkylation sites (tertiary alicyclic amines) is 1. The summed E-state index contributed by atoms with van der Waals surface area (Å²) in [5.41, 5.74) is 1.90. The van der Waals surface area contributed by atoms with Gasteiger partial charge in [-0.15, -0.1) is 0 Å². The highest BCUT2D eigenvalue weighted by atomic mass is 35.5. The second kappa shape index (κ2) is 39.7. The summed E-state index contributed by atoms with van der Waals surface area (Å²) in [5.74, 6) is -11.6. The van der Waals surface area contributed by atoms with Crippen molar-refractivity contribution in [2.24, 2.45) is 17.8 Å². The number of ether oxygens (including phenoxy) is 1. The number of carbonyl (C=O) groups is 13. The number of rotatable bonds is 27. The molecule has 586 valence electrons. The van der Waals surface area contributed by atoms with Gasteiger partial charge in [-0.25, -0.2) is 0 Å². The molecule has 2 aromatic carbocycles. The SMILES string of the molecule is CC[C@H](C)[C@@H]1NC(=O)[C@H](CC(C)C)NC(=O)C2(CCOCC2)NC(=O)[C@@H](NC(=O)[C@@H](CC(C)C)NC(=O)[C@H](CCC(=O)O)NC(=O)[C@@H]2C[C@@H](O)CN2C(=O)[C@H](Cc2c[nH]c3ccc(Cl)cc23)NC(=O)[C@H](Cc2c[nH]c3ccccc23)NC(=O)[C@H](CC(=O)O)NC(C)=O)CSCc2cccc(n2)CSCCNC1=O. The van der Waals surface area contributed by atoms with Crippen molar-refractivity contribution in [2.45, 2.75) is 197 Å². The van der Waals surface area contributed by atoms with Crippen molar-refractivity contribution in [3.63, 3.8) is 0 Å². The summed E-state index contributed by atoms with van der Waals surface area (Å²) in [5, 5.41) is 60.1. The maximum absolute atomic E-state index is 15.5. The van der Waals surface area contributed by atoms with Crippen LogP contribution in [0.5, 0.6) is 0 Å². The Kier molecular flexibility index (Phi) is 31.0. The number of fused-ring (bicyclic) bond motifs is 4. The molecule has 0 unspecified atom stereocenters. The topological polar surface area (TPSA) is 460 Å². The monoisotopic (exact) mass is 1550 g/mol. The van der Waals surface area contributed by atoms with Crippen LogP contribution in [-0.4, -0.2) is 216 Å². The van der Waals surface area contributed by atoms with Crippen LogP contribution < -0.4 is 53.2 Å². The molecule has 1 spiro atoms. The second-order valence-electron chi connectivity index (χ2n) is 28.6. The lowest BCUT2D eigenvalue weighted by atomic mass is 9.87. The lowest BCUT2D eigenvalue weighted by Crippen LogP contribution is -2.67. The number of aromatic amines is 2. The molecule has 11 amide bonds. The van der Waals surface area contributed by atoms with E-state index in [2.05, 4.69) is 63.1 Å². The van der Waals surface area contributed by atoms with Gasteiger partial charge in [0, 0.05) is 134 Å². The van der Waals surface area contributed by atoms with Gasteiger partial charge in [-0.2, -0.15) is 23.5 Å². The molecule has 2 saturated heterocycles. The molecule has 5 aromatic rings. The zero-order valence-electron chi connectivity index (χ0n) is 61.5. The van der Waals surface area contributed by atoms with Crippen LogP contribution >= 0.6 is 35.1 Å². The quantitative estimate of drug-likeness (QED) is 0.0359. The standard InChI is InChI=1S/C74H99ClN14O17S2/c1-8-41(6)63-71(103)76-22-25-107-36-46-12-11-13-47(80-46)37-108-38-59(69(101)88-74(20-23-106-24-21-74)73(105)86-55(27-40(4)5)68(100)87-63)85-65(97)54(26-39(2)3)82-64(96)53(18-19-61(92)93)81-70(102)60-31-48(91)35-89(60)72(104)58(29-44-34-78-52-17-16-45(75)30-50(44)52)84-66(98)56(28-43-33-77-51-15-10-9-14-49(43)51)83-67(99)57(32-62(94)95)79-42(7)90/h9-17,30,33-34,39-41,48,53-60,63,77-78,91H,8,18-29,31-32,35-38H2,1-7H3,(H,76,103)(H,79,90)(H,81,102)(H,82,96)(H,83,99)(H,84,98)(H,85,97)(H,86,105)(H,87,100)(H,88,101)(H,92,93)(H,94,95)/t41-,48+,53-,54+,55-,56-,57-,58-,59-,60-,63-/m0/s1. The van der Waals surface area contributed by atoms with E-state index in [1.165, 1.54) is 23.5 Å². The van der Waals surface area contributed by atoms with E-state index >= 15 is 19.2 Å². The van der Waals surface area contributed by atoms with Gasteiger partial charge in [-0.1, -0.05) is 83.8 Å². The van der Waals surface area contributed by atoms with E-state index in [-0.39, 0.29) is 86.9 Å². The fourth-order valence-electron chi connectivity index (χ4n) is 13.3. The smallest absolute Gasteiger partial charge is 0.305 e. The van der Waals surface area contributed by atoms with Gasteiger partial charge < -0.3 is 88.1 Å². The molecule has 2 fully saturated rings. The van der Waals surface area contributed by atoms with E-state index in [4.69, 9.17) is 21.3 Å². The van der Waals surface area contributed by atoms with E-state index in [9.17, 15) is 58.5 Å². The number of H-pyrrole nitrogens is 2. The number of carboxylic acids is 2. The number of halogens is 1. The molecule has 6 heterocycles. The number of amides is 11. The first-order valence-corrected chi connectivity index (χ1v) is 39.0. The number of β-amino-alcohol motifs (C(OH)–C–C–N with tert-alkyl or cyclic N) is 1. The first-order chi connectivity index (χ1) is 51.4. The number of thioether (sulfide) groups is 2. The maximum atomic E-state index is 15.5. The molecular formula is C74H99ClN14O17S2. The van der Waals surface area contributed by atoms with Crippen LogP contribution in [0, 0.1) is 17.8 Å². The molecule has 0 saturated carbocycles. The van der Waals surface area contributed by atoms with E-state index in [1.54, 1.807) is 74.8 Å². The van der Waals surface area contributed by atoms with E-state index in [1.807, 2.05) is 39.8 Å². The average molecular weight is 1560 g/mol. The summed E-state index contributed by atoms with van der Waals surface area (Å²) in [4.78, 5) is 196. The first kappa shape index (κ1) is 84.3. The third-order valence-corrected chi connectivity index (χ3v) is 21.4. The number of pyridine rings is 1. The number of hydrogen-bond acceptors (Lipinski definition) is 18. The molecule has 108 heavy (non-hydrogen) atoms. The maximum Gasteiger partial charge on any atom is 0.305 e. The Morgan fingerprint density at radius 2 is 1.34 bits per heavy atom. The molecule has 3 aliphatic rings. The number of hydrogen-bond donors (Lipinski definition) is 15. The van der Waals surface area contributed by atoms with Gasteiger partial charge in [0.25, 0.3) is 0 Å². The Hall–Kier alpha value is -9.31. The number of aliphatic hydroxyl groups excluding tert-OH is 1. The van der Waals surface area contributed by atoms with E-state index in [0.29, 0.717) is 68.1 Å². The summed E-state index contributed by atoms with van der Waals surface area (Å²) in [6, 6.07) is 4.30. The number of nitrogens with one attached hydrogen (secondary N) is 12. The second-order valence-corrected chi connectivity index (χ2v) is 31.1. The zero-order valence-corrected chi connectivity index (χ0v) is 63.9. The van der Waals surface area contributed by atoms with E-state index < -0.39 is 169 Å². The predicted octanol–water partition coefficient (Wildman–Crippen LogP) is 2.78. The molecular weight excluding hydrogens is 1460 g/mol. The molecule has 11 atom stereocenters. The van der Waals surface area contributed by atoms with Gasteiger partial charge in [0.1, 0.15) is 59.9 Å². The van der Waals surface area contributed by atoms with Crippen LogP contribution in [0.2, 0.25) is 5.02 Å². The van der Waals surface area contributed by atoms with Crippen molar-refractivity contribution >= 4 is 134 Å². The highest BCUT2D eigenvalue weighted by Gasteiger charge is 2.47. The molecule has 3 aromatic heterocycles. The van der Waals surface area contributed by atoms with Crippen molar-refractivity contribution in [3.8, 4) is 0 Å². The predicted molar refractivity (Wildman–Crippen MR) is 404 cm³/mol. The van der Waals surface area contributed by atoms with E-state index in [0.717, 1.165) is 17.5 Å². The van der Waals surface area contributed by atoms with Crippen LogP contribution in [0.25, 0.3) is 21.8 Å². The summed E-state index contributed by atoms with van der Waals surface area (Å²) in [6.07, 6.45) is -0.777. The number of aromatic nitrogens is 3. The van der Waals surface area contributed by atoms with Crippen LogP contribution in [0.3, 0.4) is 0 Å². The summed E-state index contributed by atoms with van der Waals surface area (Å²) in [7, 11) is 0. The van der Waals surface area contributed by atoms with Crippen molar-refractivity contribution in [2.75, 3.05) is 37.8 Å². The number of para-hydroxylation sites is 1. The Balaban J connectivity index is 1.07. The molecule has 2 bridgehead atoms. The summed E-state index contributed by atoms with van der Waals surface area (Å²) in [6.45, 7) is 11.9. The van der Waals surface area contributed by atoms with Crippen molar-refractivity contribution in [1.29, 1.82) is 0 Å². The highest BCUT2D eigenvalue weighted by Crippen LogP contribution is 2.29. The fourth-order valence-corrected chi connectivity index (χ4v) is 15.2. The lowest BCUT2D eigenvalue weighted by Gasteiger charge is -2.39. The molecule has 31 nitrogen and oxygen atoms in total. The minimum atomic E-state index is -1.74. The van der Waals surface area contributed by atoms with Gasteiger partial charge in [-0.3, -0.25) is 67.3 Å². The van der Waals surface area contributed by atoms with Gasteiger partial charge >= 0.3 is 11.9 Å². The van der Waals surface area contributed by atoms with Crippen molar-refractivity contribution < 1.29 is 82.4 Å². The van der Waals surface area contributed by atoms with Gasteiger partial charge in [0.2, 0.25) is 65.0 Å². The average Bonchev–Trinajstić information content (AvgIpc) is 1.29. The van der Waals surface area contributed by atoms with Crippen molar-refractivity contribution in [3.05, 3.63) is 101 Å². The Morgan fingerprint density at radius 3 is 2.01 bits per heavy atom. The number of nitrogens with zero attached hydrogens (tertiary/aromatic N) is 2. The zero-order chi connectivity index (χ0) is 78.5. The minimum Gasteiger partial charge on any atom is -0.481 e. The van der Waals surface area contributed by atoms with Gasteiger partial charge in [0.05, 0.1) is 23.9 Å². The summed E-state index contributed by atoms with van der Waals surface area (Å²) < 4.78 is 5.70. The minimum absolute atomic E-state index is 0.0233. The summed E-state index contributed by atoms with van der Waals surface area (Å²) >= 11 is 9.25. The molecule has 0 radical (unpaired) electrons. The molecule has 3 aliphatic heterocycles. The third-order valence-electron chi connectivity index (χ3n) is 19.2. The van der Waals surface area contributed by atoms with Crippen LogP contribution in [0.1, 0.15) is 129 Å². The number of carbonyl (C=O) groups excluding carboxylic acids is 11. The van der Waals surface area contributed by atoms with Gasteiger partial charge in [-0.05, 0) is 84.5 Å². The molecule has 0 aliphatic carbocycles. The number of carboxylic acid groups (broad SMARTS) is 2. The van der Waals surface area contributed by atoms with Crippen LogP contribution in [0.15, 0.2) is 73.1 Å². The highest BCUT2D eigenvalue weighted by molar-refractivity contribution is 7.98. The van der Waals surface area contributed by atoms with Crippen LogP contribution in [-0.2, 0) is 91.4 Å². The Bertz CT molecular complexity index is 4060. The van der Waals surface area contributed by atoms with Crippen molar-refractivity contribution in [1.82, 2.24) is 73.0 Å². The van der Waals surface area contributed by atoms with Gasteiger partial charge in [0.15, 0.2) is 0 Å². The normalized spacial score (nSPS) is 20.7. The third kappa shape index (κ3) is 23.8. The largest absolute Gasteiger partial charge is 0.481 e. The number of benzene rings is 2. The lowest BCUT2D eigenvalue weighted by molar-refractivity contribution is -0.143. The molecule has 15 N–H and O–H groups in total. The molecule has 8 rings (SSSR count). The van der Waals surface area contributed by atoms with Crippen LogP contribution in [0.4, 0.5) is 0 Å². The molecule has 34 heteroatoms. The fraction of sp³-hybridized carbons (Fsp3) is 0.541. The first-order valence-electron chi connectivity index (χ1n) is 36.3. The number of aliphatic hydroxyl groups is 1.